The largest absolute Gasteiger partial charge is 0.480 e. The Morgan fingerprint density at radius 3 is 2.30 bits per heavy atom. The summed E-state index contributed by atoms with van der Waals surface area (Å²) in [7, 11) is 0. The number of benzene rings is 1. The molecule has 0 saturated carbocycles. The molecule has 0 spiro atoms. The lowest BCUT2D eigenvalue weighted by atomic mass is 10.0. The number of amides is 1. The van der Waals surface area contributed by atoms with Crippen molar-refractivity contribution in [1.82, 2.24) is 4.90 Å². The molecule has 1 rings (SSSR count). The minimum atomic E-state index is -1.24. The number of hydrogen-bond donors (Lipinski definition) is 1. The molecule has 0 aromatic heterocycles. The minimum absolute atomic E-state index is 0.121. The summed E-state index contributed by atoms with van der Waals surface area (Å²) in [5.74, 6) is -1.51. The molecule has 1 aromatic carbocycles. The summed E-state index contributed by atoms with van der Waals surface area (Å²) in [5.41, 5.74) is -1.24. The van der Waals surface area contributed by atoms with Crippen LogP contribution in [0.25, 0.3) is 0 Å². The van der Waals surface area contributed by atoms with Crippen molar-refractivity contribution in [2.75, 3.05) is 12.3 Å². The highest BCUT2D eigenvalue weighted by molar-refractivity contribution is 8.00. The van der Waals surface area contributed by atoms with E-state index in [9.17, 15) is 14.0 Å². The predicted octanol–water partition coefficient (Wildman–Crippen LogP) is 2.63. The van der Waals surface area contributed by atoms with Gasteiger partial charge in [-0.2, -0.15) is 0 Å². The topological polar surface area (TPSA) is 57.6 Å². The Morgan fingerprint density at radius 2 is 1.85 bits per heavy atom. The van der Waals surface area contributed by atoms with Gasteiger partial charge in [0.1, 0.15) is 11.4 Å². The van der Waals surface area contributed by atoms with E-state index in [1.54, 1.807) is 19.1 Å². The van der Waals surface area contributed by atoms with Crippen LogP contribution in [0, 0.1) is 5.82 Å². The molecule has 0 fully saturated rings. The fourth-order valence-electron chi connectivity index (χ4n) is 1.75. The normalized spacial score (nSPS) is 11.2. The summed E-state index contributed by atoms with van der Waals surface area (Å²) < 4.78 is 12.8. The summed E-state index contributed by atoms with van der Waals surface area (Å²) in [4.78, 5) is 25.4. The highest BCUT2D eigenvalue weighted by Crippen LogP contribution is 2.21. The van der Waals surface area contributed by atoms with Gasteiger partial charge in [-0.05, 0) is 45.0 Å². The van der Waals surface area contributed by atoms with E-state index in [0.29, 0.717) is 6.54 Å². The summed E-state index contributed by atoms with van der Waals surface area (Å²) in [6.07, 6.45) is 0. The second-order valence-electron chi connectivity index (χ2n) is 4.74. The third kappa shape index (κ3) is 3.96. The Labute approximate surface area is 122 Å². The molecule has 0 heterocycles. The average molecular weight is 299 g/mol. The quantitative estimate of drug-likeness (QED) is 0.820. The van der Waals surface area contributed by atoms with E-state index >= 15 is 0 Å². The zero-order chi connectivity index (χ0) is 15.3. The molecule has 20 heavy (non-hydrogen) atoms. The van der Waals surface area contributed by atoms with Gasteiger partial charge in [-0.25, -0.2) is 9.18 Å². The first-order valence-corrected chi connectivity index (χ1v) is 7.19. The van der Waals surface area contributed by atoms with Crippen molar-refractivity contribution in [3.8, 4) is 0 Å². The van der Waals surface area contributed by atoms with Crippen molar-refractivity contribution in [2.24, 2.45) is 0 Å². The van der Waals surface area contributed by atoms with E-state index in [1.165, 1.54) is 42.6 Å². The molecule has 4 nitrogen and oxygen atoms in total. The number of aliphatic carboxylic acids is 1. The van der Waals surface area contributed by atoms with Crippen molar-refractivity contribution in [3.05, 3.63) is 30.1 Å². The van der Waals surface area contributed by atoms with Crippen molar-refractivity contribution in [1.29, 1.82) is 0 Å². The fraction of sp³-hybridized carbons (Fsp3) is 0.429. The summed E-state index contributed by atoms with van der Waals surface area (Å²) >= 11 is 1.26. The van der Waals surface area contributed by atoms with Gasteiger partial charge in [-0.1, -0.05) is 0 Å². The van der Waals surface area contributed by atoms with Crippen LogP contribution in [0.2, 0.25) is 0 Å². The lowest BCUT2D eigenvalue weighted by Gasteiger charge is -2.34. The molecule has 0 aliphatic rings. The van der Waals surface area contributed by atoms with Crippen molar-refractivity contribution < 1.29 is 19.1 Å². The molecule has 0 saturated heterocycles. The van der Waals surface area contributed by atoms with Gasteiger partial charge < -0.3 is 10.0 Å². The van der Waals surface area contributed by atoms with Crippen molar-refractivity contribution in [3.63, 3.8) is 0 Å². The standard InChI is InChI=1S/C14H18FNO3S/c1-4-16(14(2,3)13(18)19)12(17)9-20-11-7-5-10(15)6-8-11/h5-8H,4,9H2,1-3H3,(H,18,19). The summed E-state index contributed by atoms with van der Waals surface area (Å²) in [5, 5.41) is 9.17. The van der Waals surface area contributed by atoms with E-state index in [2.05, 4.69) is 0 Å². The van der Waals surface area contributed by atoms with Crippen LogP contribution < -0.4 is 0 Å². The van der Waals surface area contributed by atoms with Crippen LogP contribution in [0.15, 0.2) is 29.2 Å². The Balaban J connectivity index is 2.69. The fourth-order valence-corrected chi connectivity index (χ4v) is 2.53. The molecule has 1 aromatic rings. The number of hydrogen-bond acceptors (Lipinski definition) is 3. The van der Waals surface area contributed by atoms with E-state index in [-0.39, 0.29) is 17.5 Å². The first-order valence-electron chi connectivity index (χ1n) is 6.21. The molecule has 0 atom stereocenters. The molecule has 6 heteroatoms. The number of rotatable bonds is 6. The molecule has 0 bridgehead atoms. The van der Waals surface area contributed by atoms with Crippen molar-refractivity contribution in [2.45, 2.75) is 31.2 Å². The molecule has 1 amide bonds. The third-order valence-corrected chi connectivity index (χ3v) is 3.99. The SMILES string of the molecule is CCN(C(=O)CSc1ccc(F)cc1)C(C)(C)C(=O)O. The third-order valence-electron chi connectivity index (χ3n) is 2.99. The molecule has 110 valence electrons. The number of carboxylic acid groups (broad SMARTS) is 1. The Morgan fingerprint density at radius 1 is 1.30 bits per heavy atom. The molecule has 0 aliphatic carbocycles. The Kier molecular flexibility index (Phi) is 5.56. The van der Waals surface area contributed by atoms with Crippen LogP contribution in [0.3, 0.4) is 0 Å². The van der Waals surface area contributed by atoms with E-state index in [0.717, 1.165) is 4.90 Å². The number of likely N-dealkylation sites (N-methyl/N-ethyl adjacent to an activating group) is 1. The maximum Gasteiger partial charge on any atom is 0.329 e. The van der Waals surface area contributed by atoms with Crippen LogP contribution >= 0.6 is 11.8 Å². The van der Waals surface area contributed by atoms with Crippen LogP contribution in [0.1, 0.15) is 20.8 Å². The van der Waals surface area contributed by atoms with Gasteiger partial charge in [0, 0.05) is 11.4 Å². The van der Waals surface area contributed by atoms with Gasteiger partial charge in [0.2, 0.25) is 5.91 Å². The van der Waals surface area contributed by atoms with E-state index in [4.69, 9.17) is 5.11 Å². The predicted molar refractivity (Wildman–Crippen MR) is 76.2 cm³/mol. The van der Waals surface area contributed by atoms with Gasteiger partial charge in [-0.15, -0.1) is 11.8 Å². The molecule has 0 unspecified atom stereocenters. The number of carbonyl (C=O) groups excluding carboxylic acids is 1. The smallest absolute Gasteiger partial charge is 0.329 e. The maximum absolute atomic E-state index is 12.8. The maximum atomic E-state index is 12.8. The molecule has 0 radical (unpaired) electrons. The second-order valence-corrected chi connectivity index (χ2v) is 5.79. The summed E-state index contributed by atoms with van der Waals surface area (Å²) in [6.45, 7) is 5.06. The molecular weight excluding hydrogens is 281 g/mol. The van der Waals surface area contributed by atoms with Gasteiger partial charge in [0.05, 0.1) is 5.75 Å². The number of thioether (sulfide) groups is 1. The second kappa shape index (κ2) is 6.74. The lowest BCUT2D eigenvalue weighted by molar-refractivity contribution is -0.155. The van der Waals surface area contributed by atoms with Gasteiger partial charge in [0.25, 0.3) is 0 Å². The monoisotopic (exact) mass is 299 g/mol. The van der Waals surface area contributed by atoms with Crippen LogP contribution in [-0.4, -0.2) is 39.7 Å². The number of carboxylic acids is 1. The number of nitrogens with zero attached hydrogens (tertiary/aromatic N) is 1. The van der Waals surface area contributed by atoms with Crippen LogP contribution in [-0.2, 0) is 9.59 Å². The lowest BCUT2D eigenvalue weighted by Crippen LogP contribution is -2.53. The summed E-state index contributed by atoms with van der Waals surface area (Å²) in [6, 6.07) is 5.83. The average Bonchev–Trinajstić information content (AvgIpc) is 2.38. The Hall–Kier alpha value is -1.56. The van der Waals surface area contributed by atoms with Crippen LogP contribution in [0.5, 0.6) is 0 Å². The van der Waals surface area contributed by atoms with E-state index < -0.39 is 11.5 Å². The number of carbonyl (C=O) groups is 2. The number of halogens is 1. The minimum Gasteiger partial charge on any atom is -0.480 e. The molecule has 1 N–H and O–H groups in total. The van der Waals surface area contributed by atoms with Crippen molar-refractivity contribution >= 4 is 23.6 Å². The first-order chi connectivity index (χ1) is 9.28. The molecular formula is C14H18FNO3S. The van der Waals surface area contributed by atoms with E-state index in [1.807, 2.05) is 0 Å². The van der Waals surface area contributed by atoms with Crippen LogP contribution in [0.4, 0.5) is 4.39 Å². The first kappa shape index (κ1) is 16.5. The molecule has 0 aliphatic heterocycles. The van der Waals surface area contributed by atoms with Gasteiger partial charge in [0.15, 0.2) is 0 Å². The zero-order valence-electron chi connectivity index (χ0n) is 11.7. The van der Waals surface area contributed by atoms with Gasteiger partial charge >= 0.3 is 5.97 Å². The van der Waals surface area contributed by atoms with Gasteiger partial charge in [-0.3, -0.25) is 4.79 Å². The highest BCUT2D eigenvalue weighted by atomic mass is 32.2. The zero-order valence-corrected chi connectivity index (χ0v) is 12.5. The Bertz CT molecular complexity index is 488. The highest BCUT2D eigenvalue weighted by Gasteiger charge is 2.36.